The maximum absolute atomic E-state index is 6.01. The van der Waals surface area contributed by atoms with Crippen molar-refractivity contribution >= 4 is 43.7 Å². The Morgan fingerprint density at radius 3 is 2.74 bits per heavy atom. The van der Waals surface area contributed by atoms with Crippen LogP contribution in [0.1, 0.15) is 19.3 Å². The van der Waals surface area contributed by atoms with E-state index in [0.29, 0.717) is 0 Å². The van der Waals surface area contributed by atoms with E-state index < -0.39 is 0 Å². The highest BCUT2D eigenvalue weighted by Gasteiger charge is 2.08. The third kappa shape index (κ3) is 3.57. The Labute approximate surface area is 126 Å². The number of likely N-dealkylation sites (tertiary alicyclic amines) is 1. The van der Waals surface area contributed by atoms with Crippen LogP contribution in [0.15, 0.2) is 23.2 Å². The van der Waals surface area contributed by atoms with Gasteiger partial charge in [-0.2, -0.15) is 0 Å². The third-order valence-corrected chi connectivity index (χ3v) is 6.01. The van der Waals surface area contributed by atoms with Crippen LogP contribution in [0.2, 0.25) is 5.02 Å². The van der Waals surface area contributed by atoms with Gasteiger partial charge in [0.2, 0.25) is 0 Å². The Morgan fingerprint density at radius 2 is 1.89 bits per heavy atom. The van der Waals surface area contributed by atoms with Gasteiger partial charge in [-0.1, -0.05) is 18.0 Å². The van der Waals surface area contributed by atoms with Crippen LogP contribution >= 0.6 is 34.3 Å². The van der Waals surface area contributed by atoms with Gasteiger partial charge in [-0.3, -0.25) is 4.99 Å². The van der Waals surface area contributed by atoms with E-state index in [4.69, 9.17) is 16.6 Å². The Hall–Kier alpha value is -0.420. The summed E-state index contributed by atoms with van der Waals surface area (Å²) in [5.41, 5.74) is 0. The molecular weight excluding hydrogens is 296 g/mol. The van der Waals surface area contributed by atoms with Crippen LogP contribution < -0.4 is 3.98 Å². The molecule has 102 valence electrons. The van der Waals surface area contributed by atoms with E-state index in [1.54, 1.807) is 22.7 Å². The first-order valence-corrected chi connectivity index (χ1v) is 8.74. The Balaban J connectivity index is 1.67. The molecular formula is C14H17ClN2S2. The average Bonchev–Trinajstić information content (AvgIpc) is 2.82. The molecule has 2 heterocycles. The number of hydrogen-bond acceptors (Lipinski definition) is 4. The van der Waals surface area contributed by atoms with Crippen LogP contribution in [0, 0.1) is 0 Å². The molecule has 0 atom stereocenters. The van der Waals surface area contributed by atoms with Gasteiger partial charge in [0.05, 0.1) is 6.54 Å². The summed E-state index contributed by atoms with van der Waals surface area (Å²) in [6.45, 7) is 4.51. The van der Waals surface area contributed by atoms with E-state index in [1.165, 1.54) is 41.8 Å². The predicted molar refractivity (Wildman–Crippen MR) is 85.4 cm³/mol. The number of fused-ring (bicyclic) bond motifs is 1. The molecule has 0 saturated carbocycles. The van der Waals surface area contributed by atoms with Gasteiger partial charge in [0, 0.05) is 21.0 Å². The largest absolute Gasteiger partial charge is 0.301 e. The molecule has 0 spiro atoms. The fourth-order valence-electron chi connectivity index (χ4n) is 2.39. The van der Waals surface area contributed by atoms with Crippen molar-refractivity contribution in [2.24, 2.45) is 4.99 Å². The summed E-state index contributed by atoms with van der Waals surface area (Å²) >= 11 is 9.52. The van der Waals surface area contributed by atoms with E-state index in [1.807, 2.05) is 12.1 Å². The molecule has 1 fully saturated rings. The second-order valence-electron chi connectivity index (χ2n) is 4.85. The summed E-state index contributed by atoms with van der Waals surface area (Å²) in [6.07, 6.45) is 4.10. The first-order valence-electron chi connectivity index (χ1n) is 6.73. The molecule has 3 rings (SSSR count). The second-order valence-corrected chi connectivity index (χ2v) is 7.60. The Bertz CT molecular complexity index is 611. The number of rotatable bonds is 3. The minimum atomic E-state index is 0.807. The van der Waals surface area contributed by atoms with Crippen molar-refractivity contribution < 1.29 is 0 Å². The van der Waals surface area contributed by atoms with Crippen molar-refractivity contribution in [3.8, 4) is 0 Å². The molecule has 1 aliphatic rings. The van der Waals surface area contributed by atoms with Gasteiger partial charge in [-0.05, 0) is 44.1 Å². The fourth-order valence-corrected chi connectivity index (χ4v) is 4.92. The van der Waals surface area contributed by atoms with Crippen LogP contribution in [-0.2, 0) is 0 Å². The molecule has 2 nitrogen and oxygen atoms in total. The predicted octanol–water partition coefficient (Wildman–Crippen LogP) is 4.00. The summed E-state index contributed by atoms with van der Waals surface area (Å²) in [6, 6.07) is 6.06. The van der Waals surface area contributed by atoms with E-state index in [0.717, 1.165) is 22.1 Å². The zero-order valence-electron chi connectivity index (χ0n) is 10.8. The zero-order valence-corrected chi connectivity index (χ0v) is 13.2. The molecule has 0 N–H and O–H groups in total. The molecule has 19 heavy (non-hydrogen) atoms. The average molecular weight is 313 g/mol. The summed E-state index contributed by atoms with van der Waals surface area (Å²) in [5.74, 6) is 0. The third-order valence-electron chi connectivity index (χ3n) is 3.41. The molecule has 1 saturated heterocycles. The number of halogens is 1. The van der Waals surface area contributed by atoms with Crippen LogP contribution in [-0.4, -0.2) is 31.1 Å². The minimum absolute atomic E-state index is 0.807. The Morgan fingerprint density at radius 1 is 1.11 bits per heavy atom. The molecule has 0 bridgehead atoms. The van der Waals surface area contributed by atoms with Crippen LogP contribution in [0.3, 0.4) is 0 Å². The smallest absolute Gasteiger partial charge is 0.167 e. The maximum atomic E-state index is 6.01. The van der Waals surface area contributed by atoms with Gasteiger partial charge in [0.15, 0.2) is 3.98 Å². The minimum Gasteiger partial charge on any atom is -0.301 e. The number of benzene rings is 1. The van der Waals surface area contributed by atoms with Gasteiger partial charge in [-0.15, -0.1) is 22.7 Å². The second kappa shape index (κ2) is 6.35. The lowest BCUT2D eigenvalue weighted by molar-refractivity contribution is 0.235. The van der Waals surface area contributed by atoms with Gasteiger partial charge < -0.3 is 4.90 Å². The lowest BCUT2D eigenvalue weighted by atomic mass is 10.1. The molecule has 0 amide bonds. The molecule has 1 aliphatic heterocycles. The Kier molecular flexibility index (Phi) is 4.53. The standard InChI is InChI=1S/C14H17ClN2S2/c15-11-4-5-12-13(10-11)19-14(18-12)16-6-9-17-7-2-1-3-8-17/h4-5,10H,1-3,6-9H2/b16-14-. The summed E-state index contributed by atoms with van der Waals surface area (Å²) < 4.78 is 3.69. The topological polar surface area (TPSA) is 15.6 Å². The number of nitrogens with zero attached hydrogens (tertiary/aromatic N) is 2. The van der Waals surface area contributed by atoms with Crippen molar-refractivity contribution in [3.63, 3.8) is 0 Å². The molecule has 0 radical (unpaired) electrons. The van der Waals surface area contributed by atoms with E-state index >= 15 is 0 Å². The highest BCUT2D eigenvalue weighted by atomic mass is 35.5. The van der Waals surface area contributed by atoms with Gasteiger partial charge in [0.1, 0.15) is 0 Å². The molecule has 0 unspecified atom stereocenters. The fraction of sp³-hybridized carbons (Fsp3) is 0.500. The van der Waals surface area contributed by atoms with Gasteiger partial charge in [-0.25, -0.2) is 0 Å². The van der Waals surface area contributed by atoms with E-state index in [-0.39, 0.29) is 0 Å². The number of piperidine rings is 1. The highest BCUT2D eigenvalue weighted by molar-refractivity contribution is 7.35. The lowest BCUT2D eigenvalue weighted by Gasteiger charge is -2.25. The highest BCUT2D eigenvalue weighted by Crippen LogP contribution is 2.24. The van der Waals surface area contributed by atoms with Crippen LogP contribution in [0.25, 0.3) is 9.40 Å². The van der Waals surface area contributed by atoms with Crippen LogP contribution in [0.5, 0.6) is 0 Å². The van der Waals surface area contributed by atoms with Crippen molar-refractivity contribution in [1.82, 2.24) is 4.90 Å². The first kappa shape index (κ1) is 13.6. The molecule has 2 aromatic rings. The van der Waals surface area contributed by atoms with Crippen LogP contribution in [0.4, 0.5) is 0 Å². The number of hydrogen-bond donors (Lipinski definition) is 0. The van der Waals surface area contributed by atoms with E-state index in [9.17, 15) is 0 Å². The molecule has 1 aromatic heterocycles. The summed E-state index contributed by atoms with van der Waals surface area (Å²) in [5, 5.41) is 0.807. The molecule has 5 heteroatoms. The zero-order chi connectivity index (χ0) is 13.1. The van der Waals surface area contributed by atoms with Gasteiger partial charge >= 0.3 is 0 Å². The van der Waals surface area contributed by atoms with Crippen molar-refractivity contribution in [1.29, 1.82) is 0 Å². The summed E-state index contributed by atoms with van der Waals surface area (Å²) in [4.78, 5) is 7.25. The van der Waals surface area contributed by atoms with E-state index in [2.05, 4.69) is 11.0 Å². The quantitative estimate of drug-likeness (QED) is 0.836. The first-order chi connectivity index (χ1) is 9.31. The lowest BCUT2D eigenvalue weighted by Crippen LogP contribution is -2.32. The van der Waals surface area contributed by atoms with Crippen molar-refractivity contribution in [2.75, 3.05) is 26.2 Å². The van der Waals surface area contributed by atoms with Crippen molar-refractivity contribution in [2.45, 2.75) is 19.3 Å². The van der Waals surface area contributed by atoms with Gasteiger partial charge in [0.25, 0.3) is 0 Å². The van der Waals surface area contributed by atoms with Crippen molar-refractivity contribution in [3.05, 3.63) is 27.2 Å². The normalized spacial score (nSPS) is 18.3. The monoisotopic (exact) mass is 312 g/mol. The summed E-state index contributed by atoms with van der Waals surface area (Å²) in [7, 11) is 0. The molecule has 1 aromatic carbocycles. The molecule has 0 aliphatic carbocycles. The SMILES string of the molecule is Clc1ccc2s/c(=N/CCN3CCCCC3)sc2c1. The maximum Gasteiger partial charge on any atom is 0.167 e.